The van der Waals surface area contributed by atoms with E-state index in [9.17, 15) is 13.6 Å². The van der Waals surface area contributed by atoms with Gasteiger partial charge < -0.3 is 19.7 Å². The molecule has 1 saturated carbocycles. The maximum atomic E-state index is 14.3. The molecule has 7 heteroatoms. The number of hydrogen-bond donors (Lipinski definition) is 1. The molecule has 4 rings (SSSR count). The van der Waals surface area contributed by atoms with Crippen LogP contribution in [-0.2, 0) is 9.53 Å². The highest BCUT2D eigenvalue weighted by Crippen LogP contribution is 2.37. The molecule has 0 amide bonds. The predicted molar refractivity (Wildman–Crippen MR) is 112 cm³/mol. The third kappa shape index (κ3) is 6.64. The average Bonchev–Trinajstić information content (AvgIpc) is 3.47. The molecule has 5 nitrogen and oxygen atoms in total. The van der Waals surface area contributed by atoms with Crippen LogP contribution in [-0.4, -0.2) is 56.8 Å². The molecule has 0 atom stereocenters. The van der Waals surface area contributed by atoms with Gasteiger partial charge in [-0.25, -0.2) is 8.78 Å². The third-order valence-electron chi connectivity index (χ3n) is 6.42. The number of carbonyl (C=O) groups is 1. The molecule has 0 radical (unpaired) electrons. The summed E-state index contributed by atoms with van der Waals surface area (Å²) in [6.45, 7) is 6.70. The van der Waals surface area contributed by atoms with E-state index in [-0.39, 0.29) is 17.3 Å². The first kappa shape index (κ1) is 22.9. The lowest BCUT2D eigenvalue weighted by molar-refractivity contribution is -0.134. The topological polar surface area (TPSA) is 50.8 Å². The van der Waals surface area contributed by atoms with Gasteiger partial charge in [-0.05, 0) is 108 Å². The molecule has 30 heavy (non-hydrogen) atoms. The second-order valence-corrected chi connectivity index (χ2v) is 9.06. The Hall–Kier alpha value is -1.73. The van der Waals surface area contributed by atoms with Crippen molar-refractivity contribution in [1.29, 1.82) is 0 Å². The molecule has 1 N–H and O–H groups in total. The summed E-state index contributed by atoms with van der Waals surface area (Å²) >= 11 is 0. The molecule has 0 spiro atoms. The molecule has 0 bridgehead atoms. The molecule has 168 valence electrons. The van der Waals surface area contributed by atoms with E-state index in [4.69, 9.17) is 4.74 Å². The SMILES string of the molecule is CC1(OC=O)CC1.CN1CCC(COc2c(F)cc(C3CCNCC3)cc2F)CC1. The summed E-state index contributed by atoms with van der Waals surface area (Å²) in [4.78, 5) is 11.9. The van der Waals surface area contributed by atoms with Gasteiger partial charge in [0.1, 0.15) is 5.60 Å². The summed E-state index contributed by atoms with van der Waals surface area (Å²) < 4.78 is 38.8. The largest absolute Gasteiger partial charge is 0.487 e. The van der Waals surface area contributed by atoms with E-state index >= 15 is 0 Å². The third-order valence-corrected chi connectivity index (χ3v) is 6.42. The van der Waals surface area contributed by atoms with Gasteiger partial charge in [-0.15, -0.1) is 0 Å². The molecule has 0 aromatic heterocycles. The highest BCUT2D eigenvalue weighted by atomic mass is 19.1. The van der Waals surface area contributed by atoms with Crippen molar-refractivity contribution in [3.05, 3.63) is 29.3 Å². The Bertz CT molecular complexity index is 675. The van der Waals surface area contributed by atoms with E-state index in [1.165, 1.54) is 12.1 Å². The van der Waals surface area contributed by atoms with E-state index in [0.717, 1.165) is 70.3 Å². The number of piperidine rings is 2. The first-order valence-electron chi connectivity index (χ1n) is 11.0. The summed E-state index contributed by atoms with van der Waals surface area (Å²) in [5.74, 6) is -0.711. The quantitative estimate of drug-likeness (QED) is 0.703. The minimum Gasteiger partial charge on any atom is -0.487 e. The van der Waals surface area contributed by atoms with Crippen LogP contribution in [0.25, 0.3) is 0 Å². The van der Waals surface area contributed by atoms with Crippen LogP contribution in [0.5, 0.6) is 5.75 Å². The summed E-state index contributed by atoms with van der Waals surface area (Å²) in [5, 5.41) is 3.27. The van der Waals surface area contributed by atoms with Crippen LogP contribution in [0.15, 0.2) is 12.1 Å². The van der Waals surface area contributed by atoms with Crippen LogP contribution in [0.2, 0.25) is 0 Å². The van der Waals surface area contributed by atoms with Crippen molar-refractivity contribution < 1.29 is 23.0 Å². The normalized spacial score (nSPS) is 22.0. The average molecular weight is 425 g/mol. The lowest BCUT2D eigenvalue weighted by atomic mass is 9.90. The van der Waals surface area contributed by atoms with Gasteiger partial charge >= 0.3 is 0 Å². The van der Waals surface area contributed by atoms with Gasteiger partial charge in [0.05, 0.1) is 6.61 Å². The molecule has 1 aliphatic carbocycles. The summed E-state index contributed by atoms with van der Waals surface area (Å²) in [7, 11) is 2.09. The zero-order valence-corrected chi connectivity index (χ0v) is 18.1. The van der Waals surface area contributed by atoms with Gasteiger partial charge in [0, 0.05) is 0 Å². The van der Waals surface area contributed by atoms with Crippen LogP contribution < -0.4 is 10.1 Å². The Morgan fingerprint density at radius 3 is 2.23 bits per heavy atom. The zero-order valence-electron chi connectivity index (χ0n) is 18.1. The van der Waals surface area contributed by atoms with Crippen molar-refractivity contribution in [2.75, 3.05) is 39.8 Å². The highest BCUT2D eigenvalue weighted by molar-refractivity contribution is 5.39. The van der Waals surface area contributed by atoms with E-state index in [1.54, 1.807) is 0 Å². The van der Waals surface area contributed by atoms with Gasteiger partial charge in [0.15, 0.2) is 17.4 Å². The van der Waals surface area contributed by atoms with Crippen LogP contribution in [0.4, 0.5) is 8.78 Å². The fourth-order valence-corrected chi connectivity index (χ4v) is 3.95. The highest BCUT2D eigenvalue weighted by Gasteiger charge is 2.39. The molecule has 1 aromatic rings. The standard InChI is InChI=1S/C18H26F2N2O.C5H8O2/c1-22-8-4-13(5-9-22)12-23-18-16(19)10-15(11-17(18)20)14-2-6-21-7-3-14;1-5(2-3-5)7-4-6/h10-11,13-14,21H,2-9,12H2,1H3;4H,2-3H2,1H3. The molecule has 2 aliphatic heterocycles. The maximum absolute atomic E-state index is 14.3. The number of rotatable bonds is 6. The Balaban J connectivity index is 0.000000310. The Morgan fingerprint density at radius 2 is 1.73 bits per heavy atom. The summed E-state index contributed by atoms with van der Waals surface area (Å²) in [5.41, 5.74) is 0.690. The minimum atomic E-state index is -0.563. The first-order valence-corrected chi connectivity index (χ1v) is 11.0. The van der Waals surface area contributed by atoms with E-state index in [2.05, 4.69) is 22.0 Å². The van der Waals surface area contributed by atoms with Crippen LogP contribution in [0.1, 0.15) is 56.9 Å². The number of hydrogen-bond acceptors (Lipinski definition) is 5. The Morgan fingerprint density at radius 1 is 1.13 bits per heavy atom. The van der Waals surface area contributed by atoms with Gasteiger partial charge in [0.2, 0.25) is 0 Å². The number of carbonyl (C=O) groups excluding carboxylic acids is 1. The molecule has 3 aliphatic rings. The van der Waals surface area contributed by atoms with Gasteiger partial charge in [0.25, 0.3) is 6.47 Å². The molecule has 3 fully saturated rings. The molecule has 0 unspecified atom stereocenters. The number of halogens is 2. The van der Waals surface area contributed by atoms with Gasteiger partial charge in [-0.3, -0.25) is 4.79 Å². The van der Waals surface area contributed by atoms with Crippen LogP contribution in [0.3, 0.4) is 0 Å². The number of nitrogens with zero attached hydrogens (tertiary/aromatic N) is 1. The molecule has 2 saturated heterocycles. The fraction of sp³-hybridized carbons (Fsp3) is 0.696. The van der Waals surface area contributed by atoms with Crippen LogP contribution >= 0.6 is 0 Å². The molecular weight excluding hydrogens is 390 g/mol. The number of ether oxygens (including phenoxy) is 2. The van der Waals surface area contributed by atoms with Crippen LogP contribution in [0, 0.1) is 17.6 Å². The van der Waals surface area contributed by atoms with E-state index in [1.807, 2.05) is 6.92 Å². The van der Waals surface area contributed by atoms with Crippen molar-refractivity contribution >= 4 is 6.47 Å². The van der Waals surface area contributed by atoms with E-state index < -0.39 is 11.6 Å². The predicted octanol–water partition coefficient (Wildman–Crippen LogP) is 3.86. The molecular formula is C23H34F2N2O3. The summed E-state index contributed by atoms with van der Waals surface area (Å²) in [6, 6.07) is 2.92. The fourth-order valence-electron chi connectivity index (χ4n) is 3.95. The van der Waals surface area contributed by atoms with Crippen molar-refractivity contribution in [3.63, 3.8) is 0 Å². The van der Waals surface area contributed by atoms with Crippen molar-refractivity contribution in [1.82, 2.24) is 10.2 Å². The number of benzene rings is 1. The number of likely N-dealkylation sites (tertiary alicyclic amines) is 1. The number of nitrogens with one attached hydrogen (secondary N) is 1. The van der Waals surface area contributed by atoms with Crippen molar-refractivity contribution in [3.8, 4) is 5.75 Å². The van der Waals surface area contributed by atoms with E-state index in [0.29, 0.717) is 19.0 Å². The maximum Gasteiger partial charge on any atom is 0.293 e. The molecule has 1 aromatic carbocycles. The Kier molecular flexibility index (Phi) is 8.06. The van der Waals surface area contributed by atoms with Gasteiger partial charge in [-0.2, -0.15) is 0 Å². The monoisotopic (exact) mass is 424 g/mol. The second kappa shape index (κ2) is 10.5. The minimum absolute atomic E-state index is 0.0677. The second-order valence-electron chi connectivity index (χ2n) is 9.06. The summed E-state index contributed by atoms with van der Waals surface area (Å²) in [6.07, 6.45) is 5.96. The van der Waals surface area contributed by atoms with Crippen molar-refractivity contribution in [2.24, 2.45) is 5.92 Å². The molecule has 2 heterocycles. The first-order chi connectivity index (χ1) is 14.4. The smallest absolute Gasteiger partial charge is 0.293 e. The Labute approximate surface area is 178 Å². The lowest BCUT2D eigenvalue weighted by Crippen LogP contribution is -2.32. The van der Waals surface area contributed by atoms with Crippen molar-refractivity contribution in [2.45, 2.75) is 57.0 Å². The zero-order chi connectivity index (χ0) is 21.6. The van der Waals surface area contributed by atoms with Gasteiger partial charge in [-0.1, -0.05) is 0 Å². The lowest BCUT2D eigenvalue weighted by Gasteiger charge is -2.29.